The average Bonchev–Trinajstić information content (AvgIpc) is 3.65. The van der Waals surface area contributed by atoms with Gasteiger partial charge in [0.15, 0.2) is 11.6 Å². The summed E-state index contributed by atoms with van der Waals surface area (Å²) >= 11 is 1.49. The molecule has 0 radical (unpaired) electrons. The van der Waals surface area contributed by atoms with Gasteiger partial charge >= 0.3 is 6.03 Å². The number of pyridine rings is 2. The van der Waals surface area contributed by atoms with Gasteiger partial charge in [0.2, 0.25) is 0 Å². The fourth-order valence-electron chi connectivity index (χ4n) is 4.11. The zero-order valence-electron chi connectivity index (χ0n) is 22.5. The molecule has 0 spiro atoms. The van der Waals surface area contributed by atoms with Crippen LogP contribution in [-0.2, 0) is 16.0 Å². The topological polar surface area (TPSA) is 97.8 Å². The summed E-state index contributed by atoms with van der Waals surface area (Å²) in [5.74, 6) is -0.0197. The summed E-state index contributed by atoms with van der Waals surface area (Å²) in [6.45, 7) is 3.66. The van der Waals surface area contributed by atoms with Crippen molar-refractivity contribution in [3.05, 3.63) is 66.2 Å². The molecule has 3 aromatic heterocycles. The highest BCUT2D eigenvalue weighted by atomic mass is 32.1. The molecule has 2 N–H and O–H groups in total. The lowest BCUT2D eigenvalue weighted by atomic mass is 10.2. The quantitative estimate of drug-likeness (QED) is 0.216. The second-order valence-corrected chi connectivity index (χ2v) is 10.6. The van der Waals surface area contributed by atoms with Crippen LogP contribution >= 0.6 is 11.3 Å². The van der Waals surface area contributed by atoms with E-state index >= 15 is 0 Å². The van der Waals surface area contributed by atoms with E-state index < -0.39 is 5.82 Å². The fourth-order valence-corrected chi connectivity index (χ4v) is 5.16. The molecule has 1 aromatic carbocycles. The van der Waals surface area contributed by atoms with Crippen LogP contribution in [0, 0.1) is 5.82 Å². The minimum absolute atomic E-state index is 0.0598. The number of thiophene rings is 1. The highest BCUT2D eigenvalue weighted by molar-refractivity contribution is 7.22. The minimum atomic E-state index is -0.576. The number of nitrogens with zero attached hydrogens (tertiary/aromatic N) is 3. The molecule has 1 saturated carbocycles. The number of hydrogen-bond donors (Lipinski definition) is 2. The van der Waals surface area contributed by atoms with Crippen LogP contribution in [0.2, 0.25) is 0 Å². The molecule has 0 atom stereocenters. The van der Waals surface area contributed by atoms with Gasteiger partial charge in [0.25, 0.3) is 0 Å². The Labute approximate surface area is 236 Å². The van der Waals surface area contributed by atoms with Crippen molar-refractivity contribution in [2.45, 2.75) is 25.4 Å². The molecule has 9 nitrogen and oxygen atoms in total. The number of ether oxygens (including phenoxy) is 3. The van der Waals surface area contributed by atoms with E-state index in [1.54, 1.807) is 32.5 Å². The molecule has 40 heavy (non-hydrogen) atoms. The van der Waals surface area contributed by atoms with Crippen LogP contribution in [0.3, 0.4) is 0 Å². The standard InChI is InChI=1S/C29H32FN5O4S/c1-37-13-11-35(12-14-38-2)18-19-3-7-23(32-17-19)27-16-24-28(40-27)26(9-10-31-24)39-25-8-6-21(15-22(25)30)34-29(36)33-20-4-5-20/h3,6-10,15-17,20H,4-5,11-14,18H2,1-2H3,(H2,33,34,36). The second-order valence-electron chi connectivity index (χ2n) is 9.57. The largest absolute Gasteiger partial charge is 0.453 e. The van der Waals surface area contributed by atoms with E-state index in [4.69, 9.17) is 19.2 Å². The van der Waals surface area contributed by atoms with Crippen molar-refractivity contribution < 1.29 is 23.4 Å². The molecule has 1 fully saturated rings. The third-order valence-electron chi connectivity index (χ3n) is 6.40. The Morgan fingerprint density at radius 2 is 1.85 bits per heavy atom. The predicted octanol–water partition coefficient (Wildman–Crippen LogP) is 5.67. The van der Waals surface area contributed by atoms with Gasteiger partial charge in [0, 0.05) is 70.1 Å². The molecule has 0 saturated heterocycles. The maximum atomic E-state index is 14.9. The van der Waals surface area contributed by atoms with Gasteiger partial charge in [0.05, 0.1) is 34.0 Å². The van der Waals surface area contributed by atoms with Gasteiger partial charge in [0.1, 0.15) is 5.75 Å². The molecular weight excluding hydrogens is 533 g/mol. The Hall–Kier alpha value is -3.64. The number of aromatic nitrogens is 2. The van der Waals surface area contributed by atoms with Crippen LogP contribution in [0.4, 0.5) is 14.9 Å². The number of methoxy groups -OCH3 is 2. The van der Waals surface area contributed by atoms with Crippen molar-refractivity contribution >= 4 is 33.3 Å². The minimum Gasteiger partial charge on any atom is -0.453 e. The van der Waals surface area contributed by atoms with E-state index in [2.05, 4.69) is 26.6 Å². The number of urea groups is 1. The smallest absolute Gasteiger partial charge is 0.319 e. The SMILES string of the molecule is COCCN(CCOC)Cc1ccc(-c2cc3nccc(Oc4ccc(NC(=O)NC5CC5)cc4F)c3s2)nc1. The summed E-state index contributed by atoms with van der Waals surface area (Å²) in [5, 5.41) is 5.47. The number of rotatable bonds is 13. The molecule has 2 amide bonds. The van der Waals surface area contributed by atoms with E-state index in [0.717, 1.165) is 58.8 Å². The van der Waals surface area contributed by atoms with Gasteiger partial charge in [-0.1, -0.05) is 6.07 Å². The first-order chi connectivity index (χ1) is 19.5. The van der Waals surface area contributed by atoms with Gasteiger partial charge in [-0.25, -0.2) is 9.18 Å². The zero-order chi connectivity index (χ0) is 27.9. The molecule has 4 aromatic rings. The van der Waals surface area contributed by atoms with Crippen molar-refractivity contribution in [2.75, 3.05) is 45.8 Å². The summed E-state index contributed by atoms with van der Waals surface area (Å²) in [7, 11) is 3.40. The lowest BCUT2D eigenvalue weighted by Gasteiger charge is -2.21. The molecule has 0 aliphatic heterocycles. The van der Waals surface area contributed by atoms with Crippen molar-refractivity contribution in [1.29, 1.82) is 0 Å². The number of fused-ring (bicyclic) bond motifs is 1. The summed E-state index contributed by atoms with van der Waals surface area (Å²) in [6.07, 6.45) is 5.47. The summed E-state index contributed by atoms with van der Waals surface area (Å²) < 4.78 is 32.1. The molecule has 0 bridgehead atoms. The van der Waals surface area contributed by atoms with E-state index in [0.29, 0.717) is 24.7 Å². The van der Waals surface area contributed by atoms with Gasteiger partial charge < -0.3 is 24.8 Å². The number of hydrogen-bond acceptors (Lipinski definition) is 8. The van der Waals surface area contributed by atoms with Crippen LogP contribution < -0.4 is 15.4 Å². The first kappa shape index (κ1) is 27.9. The number of carbonyl (C=O) groups is 1. The highest BCUT2D eigenvalue weighted by Gasteiger charge is 2.23. The van der Waals surface area contributed by atoms with Crippen LogP contribution in [-0.4, -0.2) is 67.5 Å². The molecule has 11 heteroatoms. The number of halogens is 1. The predicted molar refractivity (Wildman–Crippen MR) is 154 cm³/mol. The van der Waals surface area contributed by atoms with Crippen LogP contribution in [0.25, 0.3) is 20.8 Å². The monoisotopic (exact) mass is 565 g/mol. The Kier molecular flexibility index (Phi) is 9.17. The van der Waals surface area contributed by atoms with Crippen LogP contribution in [0.5, 0.6) is 11.5 Å². The number of nitrogens with one attached hydrogen (secondary N) is 2. The zero-order valence-corrected chi connectivity index (χ0v) is 23.3. The van der Waals surface area contributed by atoms with Gasteiger partial charge in [-0.05, 0) is 42.7 Å². The van der Waals surface area contributed by atoms with E-state index in [1.165, 1.54) is 23.5 Å². The van der Waals surface area contributed by atoms with Crippen molar-refractivity contribution in [3.8, 4) is 22.1 Å². The second kappa shape index (κ2) is 13.1. The van der Waals surface area contributed by atoms with Crippen molar-refractivity contribution in [2.24, 2.45) is 0 Å². The molecule has 210 valence electrons. The van der Waals surface area contributed by atoms with Crippen molar-refractivity contribution in [1.82, 2.24) is 20.2 Å². The van der Waals surface area contributed by atoms with Gasteiger partial charge in [-0.2, -0.15) is 0 Å². The average molecular weight is 566 g/mol. The van der Waals surface area contributed by atoms with Crippen LogP contribution in [0.1, 0.15) is 18.4 Å². The van der Waals surface area contributed by atoms with E-state index in [9.17, 15) is 9.18 Å². The molecule has 1 aliphatic rings. The third kappa shape index (κ3) is 7.30. The number of benzene rings is 1. The molecule has 1 aliphatic carbocycles. The summed E-state index contributed by atoms with van der Waals surface area (Å²) in [5.41, 5.74) is 3.02. The molecule has 5 rings (SSSR count). The summed E-state index contributed by atoms with van der Waals surface area (Å²) in [6, 6.07) is 12.0. The van der Waals surface area contributed by atoms with E-state index in [-0.39, 0.29) is 17.8 Å². The summed E-state index contributed by atoms with van der Waals surface area (Å²) in [4.78, 5) is 24.3. The lowest BCUT2D eigenvalue weighted by Crippen LogP contribution is -2.30. The van der Waals surface area contributed by atoms with Crippen molar-refractivity contribution in [3.63, 3.8) is 0 Å². The number of anilines is 1. The first-order valence-electron chi connectivity index (χ1n) is 13.1. The molecule has 3 heterocycles. The van der Waals surface area contributed by atoms with E-state index in [1.807, 2.05) is 18.3 Å². The Morgan fingerprint density at radius 1 is 1.05 bits per heavy atom. The third-order valence-corrected chi connectivity index (χ3v) is 7.57. The number of amides is 2. The Morgan fingerprint density at radius 3 is 2.52 bits per heavy atom. The molecule has 0 unspecified atom stereocenters. The highest BCUT2D eigenvalue weighted by Crippen LogP contribution is 2.39. The maximum Gasteiger partial charge on any atom is 0.319 e. The van der Waals surface area contributed by atoms with Crippen LogP contribution in [0.15, 0.2) is 54.9 Å². The van der Waals surface area contributed by atoms with Gasteiger partial charge in [-0.15, -0.1) is 11.3 Å². The normalized spacial score (nSPS) is 13.1. The number of carbonyl (C=O) groups excluding carboxylic acids is 1. The van der Waals surface area contributed by atoms with Gasteiger partial charge in [-0.3, -0.25) is 14.9 Å². The lowest BCUT2D eigenvalue weighted by molar-refractivity contribution is 0.110. The Bertz CT molecular complexity index is 1440. The fraction of sp³-hybridized carbons (Fsp3) is 0.345. The first-order valence-corrected chi connectivity index (χ1v) is 13.9. The Balaban J connectivity index is 1.28. The maximum absolute atomic E-state index is 14.9. The molecular formula is C29H32FN5O4S.